The molecule has 11 heteroatoms. The molecule has 36 heavy (non-hydrogen) atoms. The molecule has 1 saturated heterocycles. The lowest BCUT2D eigenvalue weighted by atomic mass is 10.0. The van der Waals surface area contributed by atoms with E-state index in [9.17, 15) is 9.59 Å². The lowest BCUT2D eigenvalue weighted by molar-refractivity contribution is -0.120. The molecule has 0 bridgehead atoms. The molecular weight excluding hydrogens is 465 g/mol. The molecule has 1 aromatic heterocycles. The van der Waals surface area contributed by atoms with Crippen LogP contribution >= 0.6 is 0 Å². The lowest BCUT2D eigenvalue weighted by Crippen LogP contribution is -2.47. The van der Waals surface area contributed by atoms with E-state index < -0.39 is 11.9 Å². The topological polar surface area (TPSA) is 105 Å². The highest BCUT2D eigenvalue weighted by Gasteiger charge is 2.32. The van der Waals surface area contributed by atoms with Crippen LogP contribution in [0.25, 0.3) is 0 Å². The Morgan fingerprint density at radius 3 is 2.75 bits per heavy atom. The average molecular weight is 494 g/mol. The second kappa shape index (κ2) is 10.0. The number of halogens is 1. The van der Waals surface area contributed by atoms with Crippen LogP contribution in [0.1, 0.15) is 34.6 Å². The maximum absolute atomic E-state index is 15.1. The Morgan fingerprint density at radius 2 is 2.00 bits per heavy atom. The number of rotatable bonds is 6. The fourth-order valence-electron chi connectivity index (χ4n) is 4.77. The molecule has 5 rings (SSSR count). The van der Waals surface area contributed by atoms with Crippen molar-refractivity contribution in [2.45, 2.75) is 38.0 Å². The minimum absolute atomic E-state index is 0.0753. The van der Waals surface area contributed by atoms with E-state index in [2.05, 4.69) is 20.7 Å². The van der Waals surface area contributed by atoms with Gasteiger partial charge in [0.2, 0.25) is 5.91 Å². The molecule has 2 aliphatic heterocycles. The lowest BCUT2D eigenvalue weighted by Gasteiger charge is -2.24. The third-order valence-electron chi connectivity index (χ3n) is 6.79. The first-order chi connectivity index (χ1) is 17.4. The van der Waals surface area contributed by atoms with Crippen molar-refractivity contribution in [3.8, 4) is 0 Å². The molecule has 2 aliphatic rings. The minimum Gasteiger partial charge on any atom is -0.380 e. The predicted molar refractivity (Wildman–Crippen MR) is 130 cm³/mol. The Kier molecular flexibility index (Phi) is 6.64. The number of methoxy groups -OCH3 is 1. The van der Waals surface area contributed by atoms with E-state index in [1.54, 1.807) is 14.2 Å². The highest BCUT2D eigenvalue weighted by molar-refractivity contribution is 6.02. The first-order valence-corrected chi connectivity index (χ1v) is 11.9. The highest BCUT2D eigenvalue weighted by Crippen LogP contribution is 2.34. The number of ether oxygens (including phenoxy) is 1. The van der Waals surface area contributed by atoms with Crippen LogP contribution in [0.3, 0.4) is 0 Å². The zero-order valence-corrected chi connectivity index (χ0v) is 20.2. The number of tetrazole rings is 1. The van der Waals surface area contributed by atoms with Gasteiger partial charge >= 0.3 is 0 Å². The summed E-state index contributed by atoms with van der Waals surface area (Å²) in [4.78, 5) is 30.7. The third-order valence-corrected chi connectivity index (χ3v) is 6.79. The van der Waals surface area contributed by atoms with Crippen molar-refractivity contribution in [3.63, 3.8) is 0 Å². The molecule has 0 unspecified atom stereocenters. The molecule has 2 amide bonds. The molecule has 1 fully saturated rings. The number of anilines is 2. The van der Waals surface area contributed by atoms with Crippen molar-refractivity contribution in [3.05, 3.63) is 65.2 Å². The maximum Gasteiger partial charge on any atom is 0.293 e. The van der Waals surface area contributed by atoms with Gasteiger partial charge in [-0.15, -0.1) is 10.2 Å². The summed E-state index contributed by atoms with van der Waals surface area (Å²) in [6.45, 7) is 1.70. The first kappa shape index (κ1) is 23.9. The van der Waals surface area contributed by atoms with Crippen molar-refractivity contribution in [2.75, 3.05) is 37.0 Å². The van der Waals surface area contributed by atoms with Crippen molar-refractivity contribution < 1.29 is 18.7 Å². The molecule has 10 nitrogen and oxygen atoms in total. The molecule has 3 heterocycles. The van der Waals surface area contributed by atoms with Crippen LogP contribution in [0.5, 0.6) is 0 Å². The maximum atomic E-state index is 15.1. The molecule has 1 N–H and O–H groups in total. The number of benzene rings is 2. The quantitative estimate of drug-likeness (QED) is 0.558. The zero-order chi connectivity index (χ0) is 25.2. The molecule has 0 spiro atoms. The summed E-state index contributed by atoms with van der Waals surface area (Å²) in [6, 6.07) is 12.0. The fourth-order valence-corrected chi connectivity index (χ4v) is 4.77. The van der Waals surface area contributed by atoms with E-state index in [0.717, 1.165) is 17.5 Å². The fraction of sp³-hybridized carbons (Fsp3) is 0.400. The summed E-state index contributed by atoms with van der Waals surface area (Å²) in [5.74, 6) is -1.40. The van der Waals surface area contributed by atoms with Gasteiger partial charge in [-0.25, -0.2) is 4.39 Å². The predicted octanol–water partition coefficient (Wildman–Crippen LogP) is 1.79. The van der Waals surface area contributed by atoms with Gasteiger partial charge in [0.15, 0.2) is 0 Å². The molecule has 0 aliphatic carbocycles. The van der Waals surface area contributed by atoms with E-state index in [1.165, 1.54) is 15.8 Å². The molecule has 2 atom stereocenters. The van der Waals surface area contributed by atoms with E-state index in [1.807, 2.05) is 41.3 Å². The summed E-state index contributed by atoms with van der Waals surface area (Å²) in [7, 11) is 3.26. The normalized spacial score (nSPS) is 19.8. The first-order valence-electron chi connectivity index (χ1n) is 11.9. The van der Waals surface area contributed by atoms with Gasteiger partial charge in [0.25, 0.3) is 11.7 Å². The van der Waals surface area contributed by atoms with Crippen LogP contribution in [-0.2, 0) is 22.5 Å². The summed E-state index contributed by atoms with van der Waals surface area (Å²) >= 11 is 0. The Balaban J connectivity index is 1.29. The van der Waals surface area contributed by atoms with Crippen LogP contribution in [0.2, 0.25) is 0 Å². The molecule has 3 aromatic rings. The number of aromatic nitrogens is 4. The number of likely N-dealkylation sites (N-methyl/N-ethyl adjacent to an activating group) is 1. The van der Waals surface area contributed by atoms with E-state index >= 15 is 4.39 Å². The summed E-state index contributed by atoms with van der Waals surface area (Å²) in [6.07, 6.45) is 1.78. The van der Waals surface area contributed by atoms with Crippen LogP contribution in [0, 0.1) is 5.82 Å². The summed E-state index contributed by atoms with van der Waals surface area (Å²) in [5, 5.41) is 14.7. The largest absolute Gasteiger partial charge is 0.380 e. The van der Waals surface area contributed by atoms with E-state index in [4.69, 9.17) is 4.74 Å². The average Bonchev–Trinajstić information content (AvgIpc) is 3.54. The van der Waals surface area contributed by atoms with Gasteiger partial charge in [0, 0.05) is 39.0 Å². The van der Waals surface area contributed by atoms with Gasteiger partial charge in [0.05, 0.1) is 18.3 Å². The Labute approximate surface area is 208 Å². The highest BCUT2D eigenvalue weighted by atomic mass is 19.1. The van der Waals surface area contributed by atoms with Gasteiger partial charge in [0.1, 0.15) is 11.9 Å². The van der Waals surface area contributed by atoms with Crippen molar-refractivity contribution in [1.29, 1.82) is 0 Å². The van der Waals surface area contributed by atoms with Gasteiger partial charge in [-0.05, 0) is 41.7 Å². The molecule has 0 radical (unpaired) electrons. The van der Waals surface area contributed by atoms with Crippen molar-refractivity contribution >= 4 is 23.2 Å². The van der Waals surface area contributed by atoms with Gasteiger partial charge < -0.3 is 19.9 Å². The number of nitrogens with one attached hydrogen (secondary N) is 1. The monoisotopic (exact) mass is 493 g/mol. The molecule has 0 saturated carbocycles. The number of aryl methyl sites for hydroxylation is 1. The number of nitrogens with zero attached hydrogens (tertiary/aromatic N) is 6. The Bertz CT molecular complexity index is 1270. The smallest absolute Gasteiger partial charge is 0.293 e. The Morgan fingerprint density at radius 1 is 1.19 bits per heavy atom. The number of hydrogen-bond donors (Lipinski definition) is 1. The van der Waals surface area contributed by atoms with Crippen LogP contribution in [0.4, 0.5) is 15.8 Å². The number of carbonyl (C=O) groups excluding carboxylic acids is 2. The molecular formula is C25H28FN7O3. The number of fused-ring (bicyclic) bond motifs is 1. The third kappa shape index (κ3) is 4.78. The number of carbonyl (C=O) groups is 2. The van der Waals surface area contributed by atoms with Crippen LogP contribution in [0.15, 0.2) is 42.5 Å². The van der Waals surface area contributed by atoms with Gasteiger partial charge in [-0.2, -0.15) is 4.80 Å². The van der Waals surface area contributed by atoms with Crippen molar-refractivity contribution in [2.24, 2.45) is 0 Å². The Hall–Kier alpha value is -3.86. The van der Waals surface area contributed by atoms with E-state index in [0.29, 0.717) is 43.9 Å². The molecule has 2 aromatic carbocycles. The number of hydrogen-bond acceptors (Lipinski definition) is 7. The minimum atomic E-state index is -0.799. The number of amides is 2. The van der Waals surface area contributed by atoms with Crippen LogP contribution < -0.4 is 15.1 Å². The summed E-state index contributed by atoms with van der Waals surface area (Å²) < 4.78 is 20.5. The SMILES string of the molecule is CO[C@H]1CCN(c2cc3c(cc2F)N(C)C(=O)[C@@H](NC(=O)c2nnn(Cc4ccccc4)n2)CC3)C1. The summed E-state index contributed by atoms with van der Waals surface area (Å²) in [5.41, 5.74) is 2.84. The second-order valence-electron chi connectivity index (χ2n) is 9.12. The van der Waals surface area contributed by atoms with Gasteiger partial charge in [-0.3, -0.25) is 9.59 Å². The van der Waals surface area contributed by atoms with Crippen molar-refractivity contribution in [1.82, 2.24) is 25.5 Å². The second-order valence-corrected chi connectivity index (χ2v) is 9.12. The van der Waals surface area contributed by atoms with Crippen LogP contribution in [-0.4, -0.2) is 71.4 Å². The molecule has 188 valence electrons. The van der Waals surface area contributed by atoms with E-state index in [-0.39, 0.29) is 23.7 Å². The zero-order valence-electron chi connectivity index (χ0n) is 20.2. The van der Waals surface area contributed by atoms with Gasteiger partial charge in [-0.1, -0.05) is 30.3 Å². The standard InChI is InChI=1S/C25H28FN7O3/c1-31-21-13-19(26)22(32-11-10-18(15-32)36-2)12-17(21)8-9-20(25(31)35)27-24(34)23-28-30-33(29-23)14-16-6-4-3-5-7-16/h3-7,12-13,18,20H,8-11,14-15H2,1-2H3,(H,27,34)/t18-,20-/m0/s1.